The number of halogens is 3. The summed E-state index contributed by atoms with van der Waals surface area (Å²) in [4.78, 5) is 24.3. The van der Waals surface area contributed by atoms with Crippen LogP contribution in [0.5, 0.6) is 5.88 Å². The van der Waals surface area contributed by atoms with Crippen LogP contribution in [0.1, 0.15) is 19.3 Å². The van der Waals surface area contributed by atoms with Crippen LogP contribution in [0, 0.1) is 0 Å². The van der Waals surface area contributed by atoms with Gasteiger partial charge in [0.25, 0.3) is 5.56 Å². The number of hydrogen-bond acceptors (Lipinski definition) is 7. The Bertz CT molecular complexity index is 1080. The molecule has 2 atom stereocenters. The highest BCUT2D eigenvalue weighted by Crippen LogP contribution is 2.25. The topological polar surface area (TPSA) is 94.0 Å². The van der Waals surface area contributed by atoms with E-state index in [2.05, 4.69) is 30.3 Å². The first kappa shape index (κ1) is 21.0. The Kier molecular flexibility index (Phi) is 6.26. The van der Waals surface area contributed by atoms with E-state index in [1.165, 1.54) is 16.8 Å². The minimum absolute atomic E-state index is 0.165. The minimum atomic E-state index is -2.93. The Morgan fingerprint density at radius 3 is 2.39 bits per heavy atom. The molecule has 2 N–H and O–H groups in total. The number of nitrogens with zero attached hydrogens (tertiary/aromatic N) is 4. The molecule has 0 spiro atoms. The quantitative estimate of drug-likeness (QED) is 0.568. The number of aromatic nitrogens is 4. The van der Waals surface area contributed by atoms with Crippen LogP contribution in [0.2, 0.25) is 5.02 Å². The molecular formula is C20H19ClF2N6O2. The molecule has 0 aromatic carbocycles. The third kappa shape index (κ3) is 5.46. The lowest BCUT2D eigenvalue weighted by Crippen LogP contribution is -2.22. The van der Waals surface area contributed by atoms with Crippen molar-refractivity contribution in [3.05, 3.63) is 64.4 Å². The number of rotatable bonds is 7. The Hall–Kier alpha value is -3.27. The second kappa shape index (κ2) is 9.25. The molecule has 1 aliphatic rings. The predicted molar refractivity (Wildman–Crippen MR) is 112 cm³/mol. The van der Waals surface area contributed by atoms with E-state index < -0.39 is 6.61 Å². The number of anilines is 2. The van der Waals surface area contributed by atoms with E-state index in [9.17, 15) is 13.6 Å². The van der Waals surface area contributed by atoms with Crippen LogP contribution in [-0.4, -0.2) is 38.2 Å². The van der Waals surface area contributed by atoms with Gasteiger partial charge in [-0.1, -0.05) is 11.6 Å². The average molecular weight is 449 g/mol. The van der Waals surface area contributed by atoms with Gasteiger partial charge in [-0.05, 0) is 37.5 Å². The number of alkyl halides is 2. The van der Waals surface area contributed by atoms with Gasteiger partial charge >= 0.3 is 6.61 Å². The zero-order valence-corrected chi connectivity index (χ0v) is 17.0. The van der Waals surface area contributed by atoms with Crippen LogP contribution in [0.3, 0.4) is 0 Å². The molecule has 3 heterocycles. The summed E-state index contributed by atoms with van der Waals surface area (Å²) in [5, 5.41) is 7.10. The van der Waals surface area contributed by atoms with Crippen LogP contribution in [0.4, 0.5) is 20.4 Å². The summed E-state index contributed by atoms with van der Waals surface area (Å²) < 4.78 is 30.0. The molecule has 0 aliphatic heterocycles. The van der Waals surface area contributed by atoms with Crippen LogP contribution in [0.25, 0.3) is 5.69 Å². The summed E-state index contributed by atoms with van der Waals surface area (Å²) in [7, 11) is 0. The molecule has 0 unspecified atom stereocenters. The maximum absolute atomic E-state index is 12.2. The van der Waals surface area contributed by atoms with Crippen molar-refractivity contribution in [2.75, 3.05) is 10.6 Å². The van der Waals surface area contributed by atoms with Crippen molar-refractivity contribution in [2.24, 2.45) is 0 Å². The van der Waals surface area contributed by atoms with Gasteiger partial charge in [0.1, 0.15) is 11.6 Å². The molecule has 162 valence electrons. The third-order valence-electron chi connectivity index (χ3n) is 4.88. The Morgan fingerprint density at radius 1 is 1.00 bits per heavy atom. The highest BCUT2D eigenvalue weighted by atomic mass is 35.5. The molecule has 11 heteroatoms. The van der Waals surface area contributed by atoms with Gasteiger partial charge in [0.2, 0.25) is 5.88 Å². The Morgan fingerprint density at radius 2 is 1.74 bits per heavy atom. The maximum atomic E-state index is 12.2. The lowest BCUT2D eigenvalue weighted by molar-refractivity contribution is -0.0530. The zero-order chi connectivity index (χ0) is 21.8. The van der Waals surface area contributed by atoms with E-state index in [-0.39, 0.29) is 23.5 Å². The van der Waals surface area contributed by atoms with Gasteiger partial charge in [-0.2, -0.15) is 8.78 Å². The maximum Gasteiger partial charge on any atom is 0.388 e. The van der Waals surface area contributed by atoms with Gasteiger partial charge in [-0.15, -0.1) is 0 Å². The number of pyridine rings is 2. The van der Waals surface area contributed by atoms with E-state index in [0.717, 1.165) is 25.5 Å². The lowest BCUT2D eigenvalue weighted by Gasteiger charge is -2.16. The molecule has 0 amide bonds. The van der Waals surface area contributed by atoms with E-state index in [1.54, 1.807) is 24.5 Å². The van der Waals surface area contributed by atoms with E-state index >= 15 is 0 Å². The first-order chi connectivity index (χ1) is 15.0. The molecule has 0 radical (unpaired) electrons. The molecule has 0 saturated heterocycles. The Balaban J connectivity index is 1.32. The van der Waals surface area contributed by atoms with Crippen molar-refractivity contribution in [1.82, 2.24) is 19.5 Å². The van der Waals surface area contributed by atoms with Gasteiger partial charge in [0.15, 0.2) is 0 Å². The average Bonchev–Trinajstić information content (AvgIpc) is 3.18. The molecule has 3 aromatic heterocycles. The minimum Gasteiger partial charge on any atom is -0.415 e. The van der Waals surface area contributed by atoms with Crippen LogP contribution in [-0.2, 0) is 0 Å². The molecule has 1 aliphatic carbocycles. The molecule has 31 heavy (non-hydrogen) atoms. The fourth-order valence-electron chi connectivity index (χ4n) is 3.48. The van der Waals surface area contributed by atoms with E-state index in [4.69, 9.17) is 11.6 Å². The number of hydrogen-bond donors (Lipinski definition) is 2. The molecule has 1 fully saturated rings. The summed E-state index contributed by atoms with van der Waals surface area (Å²) >= 11 is 5.97. The van der Waals surface area contributed by atoms with Crippen LogP contribution in [0.15, 0.2) is 53.8 Å². The standard InChI is InChI=1S/C20H19ClF2N6O2/c21-12-1-6-19(30)29(11-12)15-4-5-16(24-8-15)27-13-2-3-14(7-13)28-17-9-26-18(10-25-17)31-20(22)23/h1,4-6,8-11,13-14,20H,2-3,7H2,(H,24,27)(H,25,28)/t13-,14-/m0/s1. The first-order valence-corrected chi connectivity index (χ1v) is 9.98. The van der Waals surface area contributed by atoms with Crippen LogP contribution >= 0.6 is 11.6 Å². The van der Waals surface area contributed by atoms with Crippen molar-refractivity contribution < 1.29 is 13.5 Å². The zero-order valence-electron chi connectivity index (χ0n) is 16.2. The number of ether oxygens (including phenoxy) is 1. The first-order valence-electron chi connectivity index (χ1n) is 9.61. The summed E-state index contributed by atoms with van der Waals surface area (Å²) in [6, 6.07) is 6.94. The van der Waals surface area contributed by atoms with Crippen molar-refractivity contribution >= 4 is 23.2 Å². The van der Waals surface area contributed by atoms with Crippen molar-refractivity contribution in [3.8, 4) is 11.6 Å². The van der Waals surface area contributed by atoms with Crippen LogP contribution < -0.4 is 20.9 Å². The molecule has 1 saturated carbocycles. The van der Waals surface area contributed by atoms with Crippen molar-refractivity contribution in [1.29, 1.82) is 0 Å². The molecule has 3 aromatic rings. The van der Waals surface area contributed by atoms with Crippen molar-refractivity contribution in [2.45, 2.75) is 38.0 Å². The second-order valence-electron chi connectivity index (χ2n) is 7.07. The van der Waals surface area contributed by atoms with Gasteiger partial charge < -0.3 is 15.4 Å². The molecule has 0 bridgehead atoms. The fourth-order valence-corrected chi connectivity index (χ4v) is 3.64. The summed E-state index contributed by atoms with van der Waals surface area (Å²) in [6.07, 6.45) is 8.36. The summed E-state index contributed by atoms with van der Waals surface area (Å²) in [5.41, 5.74) is 0.440. The van der Waals surface area contributed by atoms with Crippen molar-refractivity contribution in [3.63, 3.8) is 0 Å². The third-order valence-corrected chi connectivity index (χ3v) is 5.10. The highest BCUT2D eigenvalue weighted by molar-refractivity contribution is 6.30. The van der Waals surface area contributed by atoms with E-state index in [0.29, 0.717) is 22.3 Å². The molecule has 4 rings (SSSR count). The van der Waals surface area contributed by atoms with Gasteiger partial charge in [0, 0.05) is 24.3 Å². The van der Waals surface area contributed by atoms with Gasteiger partial charge in [-0.25, -0.2) is 15.0 Å². The second-order valence-corrected chi connectivity index (χ2v) is 7.51. The van der Waals surface area contributed by atoms with Gasteiger partial charge in [-0.3, -0.25) is 9.36 Å². The monoisotopic (exact) mass is 448 g/mol. The normalized spacial score (nSPS) is 18.2. The van der Waals surface area contributed by atoms with E-state index in [1.807, 2.05) is 6.07 Å². The lowest BCUT2D eigenvalue weighted by atomic mass is 10.2. The SMILES string of the molecule is O=c1ccc(Cl)cn1-c1ccc(N[C@H]2CC[C@H](Nc3cnc(OC(F)F)cn3)C2)nc1. The summed E-state index contributed by atoms with van der Waals surface area (Å²) in [5.74, 6) is 0.987. The summed E-state index contributed by atoms with van der Waals surface area (Å²) in [6.45, 7) is -2.93. The largest absolute Gasteiger partial charge is 0.415 e. The Labute approximate surface area is 181 Å². The highest BCUT2D eigenvalue weighted by Gasteiger charge is 2.25. The predicted octanol–water partition coefficient (Wildman–Crippen LogP) is 3.72. The fraction of sp³-hybridized carbons (Fsp3) is 0.300. The van der Waals surface area contributed by atoms with Gasteiger partial charge in [0.05, 0.1) is 29.3 Å². The molecular weight excluding hydrogens is 430 g/mol. The number of nitrogens with one attached hydrogen (secondary N) is 2. The smallest absolute Gasteiger partial charge is 0.388 e. The molecule has 8 nitrogen and oxygen atoms in total.